The average Bonchev–Trinajstić information content (AvgIpc) is 2.77. The molecule has 1 aliphatic rings. The van der Waals surface area contributed by atoms with Crippen LogP contribution < -0.4 is 21.3 Å². The second kappa shape index (κ2) is 9.19. The summed E-state index contributed by atoms with van der Waals surface area (Å²) in [5, 5.41) is 6.05. The number of aromatic nitrogens is 2. The summed E-state index contributed by atoms with van der Waals surface area (Å²) in [6.07, 6.45) is 1.11. The number of nitrogens with one attached hydrogen (secondary N) is 2. The van der Waals surface area contributed by atoms with Gasteiger partial charge in [0.1, 0.15) is 0 Å². The smallest absolute Gasteiger partial charge is 0.248 e. The Morgan fingerprint density at radius 3 is 2.38 bits per heavy atom. The van der Waals surface area contributed by atoms with Gasteiger partial charge in [-0.2, -0.15) is 4.98 Å². The molecule has 166 valence electrons. The molecule has 8 nitrogen and oxygen atoms in total. The van der Waals surface area contributed by atoms with Crippen LogP contribution in [-0.2, 0) is 0 Å². The van der Waals surface area contributed by atoms with E-state index in [-0.39, 0.29) is 11.8 Å². The van der Waals surface area contributed by atoms with E-state index in [0.29, 0.717) is 11.3 Å². The molecule has 1 aromatic heterocycles. The van der Waals surface area contributed by atoms with Crippen molar-refractivity contribution in [2.24, 2.45) is 5.73 Å². The van der Waals surface area contributed by atoms with E-state index in [1.807, 2.05) is 12.1 Å². The van der Waals surface area contributed by atoms with Gasteiger partial charge >= 0.3 is 0 Å². The molecule has 0 saturated carbocycles. The van der Waals surface area contributed by atoms with Gasteiger partial charge in [0, 0.05) is 48.8 Å². The number of hydrogen-bond donors (Lipinski definition) is 3. The number of halogens is 1. The van der Waals surface area contributed by atoms with Crippen molar-refractivity contribution in [3.05, 3.63) is 65.6 Å². The normalized spacial score (nSPS) is 14.3. The highest BCUT2D eigenvalue weighted by Crippen LogP contribution is 2.27. The fourth-order valence-corrected chi connectivity index (χ4v) is 3.63. The van der Waals surface area contributed by atoms with Crippen LogP contribution in [0.4, 0.5) is 33.2 Å². The van der Waals surface area contributed by atoms with Crippen molar-refractivity contribution in [1.29, 1.82) is 0 Å². The summed E-state index contributed by atoms with van der Waals surface area (Å²) in [7, 11) is 2.13. The van der Waals surface area contributed by atoms with Gasteiger partial charge in [-0.25, -0.2) is 9.37 Å². The van der Waals surface area contributed by atoms with Crippen molar-refractivity contribution in [2.45, 2.75) is 6.92 Å². The maximum absolute atomic E-state index is 14.4. The number of primary amides is 1. The van der Waals surface area contributed by atoms with Crippen LogP contribution in [0, 0.1) is 12.7 Å². The molecule has 0 unspecified atom stereocenters. The van der Waals surface area contributed by atoms with Crippen molar-refractivity contribution >= 4 is 34.7 Å². The van der Waals surface area contributed by atoms with E-state index in [1.54, 1.807) is 24.3 Å². The lowest BCUT2D eigenvalue weighted by Gasteiger charge is -2.35. The molecule has 4 N–H and O–H groups in total. The van der Waals surface area contributed by atoms with E-state index in [4.69, 9.17) is 5.73 Å². The highest BCUT2D eigenvalue weighted by molar-refractivity contribution is 5.93. The number of carbonyl (C=O) groups is 1. The Morgan fingerprint density at radius 2 is 1.72 bits per heavy atom. The molecule has 4 rings (SSSR count). The molecule has 0 radical (unpaired) electrons. The summed E-state index contributed by atoms with van der Waals surface area (Å²) in [6, 6.07) is 12.5. The summed E-state index contributed by atoms with van der Waals surface area (Å²) in [5.41, 5.74) is 9.35. The zero-order valence-electron chi connectivity index (χ0n) is 18.1. The van der Waals surface area contributed by atoms with Crippen molar-refractivity contribution in [2.75, 3.05) is 48.8 Å². The van der Waals surface area contributed by atoms with E-state index < -0.39 is 11.7 Å². The first-order valence-corrected chi connectivity index (χ1v) is 10.4. The van der Waals surface area contributed by atoms with Gasteiger partial charge in [-0.15, -0.1) is 0 Å². The standard InChI is InChI=1S/C23H26FN7O/c1-15-13-18(7-8-20(15)31-11-9-30(2)10-12-31)27-22-19(24)14-26-23(29-22)28-17-5-3-16(4-6-17)21(25)32/h3-8,13-14H,9-12H2,1-2H3,(H2,25,32)(H2,26,27,28,29). The quantitative estimate of drug-likeness (QED) is 0.547. The Morgan fingerprint density at radius 1 is 1.03 bits per heavy atom. The number of rotatable bonds is 6. The van der Waals surface area contributed by atoms with Crippen LogP contribution in [0.15, 0.2) is 48.7 Å². The van der Waals surface area contributed by atoms with Gasteiger partial charge in [-0.1, -0.05) is 0 Å². The van der Waals surface area contributed by atoms with Crippen molar-refractivity contribution in [1.82, 2.24) is 14.9 Å². The van der Waals surface area contributed by atoms with Gasteiger partial charge in [-0.3, -0.25) is 4.79 Å². The van der Waals surface area contributed by atoms with Crippen LogP contribution in [-0.4, -0.2) is 54.0 Å². The first-order valence-electron chi connectivity index (χ1n) is 10.4. The average molecular weight is 436 g/mol. The molecule has 2 aromatic carbocycles. The zero-order chi connectivity index (χ0) is 22.7. The van der Waals surface area contributed by atoms with Crippen molar-refractivity contribution in [3.8, 4) is 0 Å². The fraction of sp³-hybridized carbons (Fsp3) is 0.261. The fourth-order valence-electron chi connectivity index (χ4n) is 3.63. The third-order valence-corrected chi connectivity index (χ3v) is 5.47. The van der Waals surface area contributed by atoms with E-state index in [1.165, 1.54) is 5.69 Å². The lowest BCUT2D eigenvalue weighted by atomic mass is 10.1. The molecule has 1 saturated heterocycles. The van der Waals surface area contributed by atoms with Gasteiger partial charge in [0.15, 0.2) is 11.6 Å². The maximum atomic E-state index is 14.4. The Balaban J connectivity index is 1.48. The second-order valence-electron chi connectivity index (χ2n) is 7.87. The third kappa shape index (κ3) is 4.94. The van der Waals surface area contributed by atoms with Gasteiger partial charge in [0.05, 0.1) is 6.20 Å². The predicted molar refractivity (Wildman–Crippen MR) is 124 cm³/mol. The molecule has 1 amide bonds. The van der Waals surface area contributed by atoms with Crippen LogP contribution >= 0.6 is 0 Å². The number of aryl methyl sites for hydroxylation is 1. The number of anilines is 5. The molecular formula is C23H26FN7O. The van der Waals surface area contributed by atoms with Crippen LogP contribution in [0.3, 0.4) is 0 Å². The van der Waals surface area contributed by atoms with Gasteiger partial charge < -0.3 is 26.2 Å². The molecule has 0 aliphatic carbocycles. The van der Waals surface area contributed by atoms with E-state index in [9.17, 15) is 9.18 Å². The Labute approximate surface area is 186 Å². The number of amides is 1. The first-order chi connectivity index (χ1) is 15.4. The monoisotopic (exact) mass is 435 g/mol. The molecule has 32 heavy (non-hydrogen) atoms. The second-order valence-corrected chi connectivity index (χ2v) is 7.87. The lowest BCUT2D eigenvalue weighted by molar-refractivity contribution is 0.100. The van der Waals surface area contributed by atoms with E-state index in [0.717, 1.165) is 43.6 Å². The zero-order valence-corrected chi connectivity index (χ0v) is 18.1. The van der Waals surface area contributed by atoms with Crippen LogP contribution in [0.5, 0.6) is 0 Å². The number of likely N-dealkylation sites (N-methyl/N-ethyl adjacent to an activating group) is 1. The number of benzene rings is 2. The molecule has 9 heteroatoms. The predicted octanol–water partition coefficient (Wildman–Crippen LogP) is 3.26. The van der Waals surface area contributed by atoms with E-state index >= 15 is 0 Å². The highest BCUT2D eigenvalue weighted by atomic mass is 19.1. The van der Waals surface area contributed by atoms with Crippen LogP contribution in [0.25, 0.3) is 0 Å². The van der Waals surface area contributed by atoms with Crippen LogP contribution in [0.2, 0.25) is 0 Å². The molecule has 1 aliphatic heterocycles. The minimum atomic E-state index is -0.555. The highest BCUT2D eigenvalue weighted by Gasteiger charge is 2.16. The summed E-state index contributed by atoms with van der Waals surface area (Å²) in [4.78, 5) is 24.1. The maximum Gasteiger partial charge on any atom is 0.248 e. The Kier molecular flexibility index (Phi) is 6.18. The van der Waals surface area contributed by atoms with E-state index in [2.05, 4.69) is 50.4 Å². The van der Waals surface area contributed by atoms with Crippen molar-refractivity contribution in [3.63, 3.8) is 0 Å². The SMILES string of the molecule is Cc1cc(Nc2nc(Nc3ccc(C(N)=O)cc3)ncc2F)ccc1N1CCN(C)CC1. The van der Waals surface area contributed by atoms with Gasteiger partial charge in [0.25, 0.3) is 0 Å². The number of piperazine rings is 1. The summed E-state index contributed by atoms with van der Waals surface area (Å²) in [6.45, 7) is 6.09. The summed E-state index contributed by atoms with van der Waals surface area (Å²) in [5.74, 6) is -0.759. The Hall–Kier alpha value is -3.72. The molecule has 1 fully saturated rings. The summed E-state index contributed by atoms with van der Waals surface area (Å²) < 4.78 is 14.4. The molecular weight excluding hydrogens is 409 g/mol. The van der Waals surface area contributed by atoms with Gasteiger partial charge in [0.2, 0.25) is 11.9 Å². The Bertz CT molecular complexity index is 1110. The number of nitrogens with zero attached hydrogens (tertiary/aromatic N) is 4. The third-order valence-electron chi connectivity index (χ3n) is 5.47. The molecule has 0 bridgehead atoms. The molecule has 3 aromatic rings. The lowest BCUT2D eigenvalue weighted by Crippen LogP contribution is -2.44. The number of hydrogen-bond acceptors (Lipinski definition) is 7. The minimum Gasteiger partial charge on any atom is -0.369 e. The van der Waals surface area contributed by atoms with Crippen LogP contribution in [0.1, 0.15) is 15.9 Å². The number of nitrogens with two attached hydrogens (primary N) is 1. The largest absolute Gasteiger partial charge is 0.369 e. The topological polar surface area (TPSA) is 99.4 Å². The van der Waals surface area contributed by atoms with Crippen molar-refractivity contribution < 1.29 is 9.18 Å². The number of carbonyl (C=O) groups excluding carboxylic acids is 1. The van der Waals surface area contributed by atoms with Gasteiger partial charge in [-0.05, 0) is 62.0 Å². The minimum absolute atomic E-state index is 0.0722. The molecule has 0 atom stereocenters. The first kappa shape index (κ1) is 21.5. The summed E-state index contributed by atoms with van der Waals surface area (Å²) >= 11 is 0. The molecule has 2 heterocycles. The molecule has 0 spiro atoms.